The predicted octanol–water partition coefficient (Wildman–Crippen LogP) is 1.28. The minimum absolute atomic E-state index is 0.226. The Balaban J connectivity index is 2.08. The molecule has 3 amide bonds. The Morgan fingerprint density at radius 1 is 1.19 bits per heavy atom. The number of benzene rings is 1. The summed E-state index contributed by atoms with van der Waals surface area (Å²) < 4.78 is 0.458. The van der Waals surface area contributed by atoms with E-state index in [0.29, 0.717) is 4.48 Å². The van der Waals surface area contributed by atoms with Crippen LogP contribution in [0.1, 0.15) is 22.7 Å². The van der Waals surface area contributed by atoms with Crippen LogP contribution >= 0.6 is 0 Å². The van der Waals surface area contributed by atoms with Crippen LogP contribution < -0.4 is 10.2 Å². The van der Waals surface area contributed by atoms with Crippen LogP contribution in [-0.4, -0.2) is 68.9 Å². The highest BCUT2D eigenvalue weighted by molar-refractivity contribution is 6.13. The fourth-order valence-corrected chi connectivity index (χ4v) is 3.54. The average molecular weight is 357 g/mol. The van der Waals surface area contributed by atoms with E-state index in [4.69, 9.17) is 0 Å². The van der Waals surface area contributed by atoms with E-state index in [2.05, 4.69) is 5.32 Å². The lowest BCUT2D eigenvalue weighted by Gasteiger charge is -2.41. The zero-order valence-electron chi connectivity index (χ0n) is 16.1. The van der Waals surface area contributed by atoms with Crippen molar-refractivity contribution in [3.05, 3.63) is 34.5 Å². The molecule has 0 radical (unpaired) electrons. The highest BCUT2D eigenvalue weighted by Gasteiger charge is 2.43. The summed E-state index contributed by atoms with van der Waals surface area (Å²) in [6.07, 6.45) is 1.73. The van der Waals surface area contributed by atoms with Crippen molar-refractivity contribution in [2.45, 2.75) is 13.0 Å². The van der Waals surface area contributed by atoms with Crippen molar-refractivity contribution in [3.8, 4) is 0 Å². The number of carbonyl (C=O) groups is 3. The summed E-state index contributed by atoms with van der Waals surface area (Å²) >= 11 is 0. The van der Waals surface area contributed by atoms with Gasteiger partial charge in [0, 0.05) is 19.7 Å². The largest absolute Gasteiger partial charge is 0.324 e. The van der Waals surface area contributed by atoms with Gasteiger partial charge in [0.15, 0.2) is 6.54 Å². The van der Waals surface area contributed by atoms with E-state index in [-0.39, 0.29) is 30.0 Å². The molecule has 1 aliphatic heterocycles. The Kier molecular flexibility index (Phi) is 4.15. The second-order valence-electron chi connectivity index (χ2n) is 8.00. The molecule has 3 rings (SSSR count). The van der Waals surface area contributed by atoms with Crippen LogP contribution in [0.5, 0.6) is 0 Å². The van der Waals surface area contributed by atoms with Crippen molar-refractivity contribution in [2.24, 2.45) is 0 Å². The summed E-state index contributed by atoms with van der Waals surface area (Å²) in [5.41, 5.74) is 3.68. The number of nitrogens with zero attached hydrogens (tertiary/aromatic N) is 3. The van der Waals surface area contributed by atoms with Crippen LogP contribution in [-0.2, 0) is 9.59 Å². The molecule has 7 nitrogen and oxygen atoms in total. The third kappa shape index (κ3) is 2.88. The summed E-state index contributed by atoms with van der Waals surface area (Å²) in [6, 6.07) is 2.84. The van der Waals surface area contributed by atoms with E-state index in [1.807, 2.05) is 40.2 Å². The van der Waals surface area contributed by atoms with Crippen LogP contribution in [0.4, 0.5) is 10.5 Å². The molecule has 1 unspecified atom stereocenters. The number of rotatable bonds is 3. The fourth-order valence-electron chi connectivity index (χ4n) is 3.54. The van der Waals surface area contributed by atoms with Crippen molar-refractivity contribution in [1.82, 2.24) is 10.2 Å². The van der Waals surface area contributed by atoms with E-state index in [1.165, 1.54) is 4.90 Å². The van der Waals surface area contributed by atoms with Gasteiger partial charge in [0.05, 0.1) is 32.5 Å². The van der Waals surface area contributed by atoms with Crippen molar-refractivity contribution >= 4 is 29.5 Å². The first-order chi connectivity index (χ1) is 12.0. The average Bonchev–Trinajstić information content (AvgIpc) is 2.52. The lowest BCUT2D eigenvalue weighted by atomic mass is 9.84. The molecule has 0 spiro atoms. The molecule has 26 heavy (non-hydrogen) atoms. The summed E-state index contributed by atoms with van der Waals surface area (Å²) in [7, 11) is 9.05. The lowest BCUT2D eigenvalue weighted by molar-refractivity contribution is -0.862. The molecule has 138 valence electrons. The van der Waals surface area contributed by atoms with E-state index >= 15 is 0 Å². The Morgan fingerprint density at radius 2 is 1.85 bits per heavy atom. The van der Waals surface area contributed by atoms with Crippen LogP contribution in [0.3, 0.4) is 0 Å². The van der Waals surface area contributed by atoms with E-state index in [0.717, 1.165) is 22.4 Å². The van der Waals surface area contributed by atoms with Crippen molar-refractivity contribution in [2.75, 3.05) is 46.7 Å². The normalized spacial score (nSPS) is 19.3. The van der Waals surface area contributed by atoms with Crippen LogP contribution in [0.15, 0.2) is 17.8 Å². The Bertz CT molecular complexity index is 851. The molecule has 1 heterocycles. The minimum atomic E-state index is -0.715. The van der Waals surface area contributed by atoms with Crippen molar-refractivity contribution in [1.29, 1.82) is 0 Å². The SMILES string of the molecule is Cc1ccc2c3c1C=C(NC(=O)C[N+](C)(C)C)C(=O)C3N(C)C(=O)N2C. The van der Waals surface area contributed by atoms with Crippen molar-refractivity contribution in [3.63, 3.8) is 0 Å². The van der Waals surface area contributed by atoms with Gasteiger partial charge in [-0.3, -0.25) is 14.5 Å². The molecular weight excluding hydrogens is 332 g/mol. The maximum atomic E-state index is 13.1. The molecule has 1 N–H and O–H groups in total. The molecule has 0 bridgehead atoms. The lowest BCUT2D eigenvalue weighted by Crippen LogP contribution is -2.51. The van der Waals surface area contributed by atoms with E-state index < -0.39 is 6.04 Å². The first-order valence-corrected chi connectivity index (χ1v) is 8.51. The quantitative estimate of drug-likeness (QED) is 0.829. The van der Waals surface area contributed by atoms with Gasteiger partial charge in [0.2, 0.25) is 5.78 Å². The minimum Gasteiger partial charge on any atom is -0.323 e. The zero-order valence-corrected chi connectivity index (χ0v) is 16.1. The third-order valence-electron chi connectivity index (χ3n) is 4.79. The first kappa shape index (κ1) is 18.1. The third-order valence-corrected chi connectivity index (χ3v) is 4.79. The van der Waals surface area contributed by atoms with Gasteiger partial charge in [0.1, 0.15) is 6.04 Å². The van der Waals surface area contributed by atoms with Gasteiger partial charge >= 0.3 is 6.03 Å². The number of nitrogens with one attached hydrogen (secondary N) is 1. The smallest absolute Gasteiger partial charge is 0.323 e. The zero-order chi connectivity index (χ0) is 19.4. The topological polar surface area (TPSA) is 69.7 Å². The van der Waals surface area contributed by atoms with Gasteiger partial charge in [-0.25, -0.2) is 4.79 Å². The van der Waals surface area contributed by atoms with Gasteiger partial charge in [-0.2, -0.15) is 0 Å². The molecule has 1 aromatic rings. The second kappa shape index (κ2) is 5.95. The van der Waals surface area contributed by atoms with Gasteiger partial charge in [-0.1, -0.05) is 6.07 Å². The number of quaternary nitrogens is 1. The Morgan fingerprint density at radius 3 is 2.46 bits per heavy atom. The highest BCUT2D eigenvalue weighted by Crippen LogP contribution is 2.43. The molecule has 0 fully saturated rings. The molecule has 0 saturated heterocycles. The van der Waals surface area contributed by atoms with E-state index in [1.54, 1.807) is 25.1 Å². The number of hydrogen-bond acceptors (Lipinski definition) is 3. The molecule has 1 atom stereocenters. The maximum absolute atomic E-state index is 13.1. The summed E-state index contributed by atoms with van der Waals surface area (Å²) in [5.74, 6) is -0.487. The Labute approximate surface area is 153 Å². The molecule has 0 saturated carbocycles. The summed E-state index contributed by atoms with van der Waals surface area (Å²) in [4.78, 5) is 40.9. The molecular formula is C19H25N4O3+. The van der Waals surface area contributed by atoms with Crippen molar-refractivity contribution < 1.29 is 18.9 Å². The van der Waals surface area contributed by atoms with Crippen LogP contribution in [0.25, 0.3) is 6.08 Å². The number of aryl methyl sites for hydroxylation is 1. The molecule has 1 aromatic carbocycles. The number of anilines is 1. The summed E-state index contributed by atoms with van der Waals surface area (Å²) in [6.45, 7) is 2.21. The molecule has 1 aliphatic carbocycles. The number of amides is 3. The number of likely N-dealkylation sites (N-methyl/N-ethyl adjacent to an activating group) is 2. The fraction of sp³-hybridized carbons (Fsp3) is 0.421. The molecule has 0 aromatic heterocycles. The standard InChI is InChI=1S/C19H24N4O3/c1-11-7-8-14-16-12(11)9-13(20-15(24)10-23(4,5)6)18(25)17(16)22(3)19(26)21(14)2/h7-9,17H,10H2,1-6H3/p+1. The number of Topliss-reactive ketones (excluding diaryl/α,β-unsaturated/α-hetero) is 1. The van der Waals surface area contributed by atoms with E-state index in [9.17, 15) is 14.4 Å². The van der Waals surface area contributed by atoms with Gasteiger partial charge in [-0.15, -0.1) is 0 Å². The first-order valence-electron chi connectivity index (χ1n) is 8.51. The second-order valence-corrected chi connectivity index (χ2v) is 8.00. The van der Waals surface area contributed by atoms with Crippen LogP contribution in [0.2, 0.25) is 0 Å². The number of ketones is 1. The number of carbonyl (C=O) groups excluding carboxylic acids is 3. The van der Waals surface area contributed by atoms with Gasteiger partial charge < -0.3 is 14.7 Å². The molecule has 7 heteroatoms. The van der Waals surface area contributed by atoms with Crippen LogP contribution in [0, 0.1) is 6.92 Å². The Hall–Kier alpha value is -2.67. The maximum Gasteiger partial charge on any atom is 0.324 e. The monoisotopic (exact) mass is 357 g/mol. The number of urea groups is 1. The highest BCUT2D eigenvalue weighted by atomic mass is 16.2. The van der Waals surface area contributed by atoms with Gasteiger partial charge in [0.25, 0.3) is 5.91 Å². The number of hydrogen-bond donors (Lipinski definition) is 1. The summed E-state index contributed by atoms with van der Waals surface area (Å²) in [5, 5.41) is 2.75. The van der Waals surface area contributed by atoms with Gasteiger partial charge in [-0.05, 0) is 30.2 Å². The molecule has 2 aliphatic rings. The predicted molar refractivity (Wildman–Crippen MR) is 99.5 cm³/mol.